The Hall–Kier alpha value is 5.74. The Bertz CT molecular complexity index is 671. The van der Waals surface area contributed by atoms with E-state index < -0.39 is 40.5 Å². The van der Waals surface area contributed by atoms with Crippen LogP contribution in [0.15, 0.2) is 0 Å². The Morgan fingerprint density at radius 2 is 0.500 bits per heavy atom. The summed E-state index contributed by atoms with van der Waals surface area (Å²) in [7, 11) is -15.0. The van der Waals surface area contributed by atoms with Crippen LogP contribution in [-0.4, -0.2) is 97.9 Å². The molecule has 0 aliphatic heterocycles. The van der Waals surface area contributed by atoms with Gasteiger partial charge in [0.1, 0.15) is 0 Å². The van der Waals surface area contributed by atoms with Crippen molar-refractivity contribution in [1.82, 2.24) is 0 Å². The minimum absolute atomic E-state index is 0. The summed E-state index contributed by atoms with van der Waals surface area (Å²) >= 11 is 14.3. The summed E-state index contributed by atoms with van der Waals surface area (Å²) in [5.74, 6) is -0.409. The fraction of sp³-hybridized carbons (Fsp3) is 1.00. The van der Waals surface area contributed by atoms with Crippen molar-refractivity contribution in [2.45, 2.75) is 0 Å². The molecule has 26 heteroatoms. The first kappa shape index (κ1) is 67.4. The molecule has 0 amide bonds. The minimum atomic E-state index is -3.75. The Morgan fingerprint density at radius 3 is 0.500 bits per heavy atom. The molecule has 0 saturated heterocycles. The molecule has 4 N–H and O–H groups in total. The first-order valence-corrected chi connectivity index (χ1v) is 15.4. The maximum Gasteiger partial charge on any atom is 1.00 e. The largest absolute Gasteiger partial charge is 1.00 e. The van der Waals surface area contributed by atoms with E-state index in [2.05, 4.69) is 50.5 Å². The molecule has 0 heterocycles. The first-order valence-electron chi connectivity index (χ1n) is 6.48. The Balaban J connectivity index is -0.0000000155. The van der Waals surface area contributed by atoms with Crippen molar-refractivity contribution in [2.75, 3.05) is 46.0 Å². The summed E-state index contributed by atoms with van der Waals surface area (Å²) in [6, 6.07) is 0. The smallest absolute Gasteiger partial charge is 1.00 e. The van der Waals surface area contributed by atoms with Crippen molar-refractivity contribution >= 4 is 118 Å². The zero-order valence-corrected chi connectivity index (χ0v) is 36.0. The van der Waals surface area contributed by atoms with E-state index in [1.165, 1.54) is 0 Å². The van der Waals surface area contributed by atoms with Crippen LogP contribution in [0.3, 0.4) is 0 Å². The van der Waals surface area contributed by atoms with Crippen molar-refractivity contribution in [3.8, 4) is 0 Å². The van der Waals surface area contributed by atoms with Gasteiger partial charge in [-0.3, -0.25) is 18.2 Å². The molecule has 0 aliphatic rings. The third-order valence-corrected chi connectivity index (χ3v) is 6.38. The maximum absolute atomic E-state index is 9.74. The van der Waals surface area contributed by atoms with Gasteiger partial charge in [0.25, 0.3) is 40.5 Å². The van der Waals surface area contributed by atoms with E-state index in [4.69, 9.17) is 18.2 Å². The molecule has 0 atom stereocenters. The minimum Gasteiger partial charge on any atom is -1.00 e. The Morgan fingerprint density at radius 1 is 0.412 bits per heavy atom. The number of hydrogen-bond acceptors (Lipinski definition) is 12. The predicted molar refractivity (Wildman–Crippen MR) is 146 cm³/mol. The molecule has 200 valence electrons. The van der Waals surface area contributed by atoms with Crippen LogP contribution in [-0.2, 0) is 40.5 Å². The van der Waals surface area contributed by atoms with Crippen LogP contribution >= 0.6 is 77.5 Å². The molecule has 0 bridgehead atoms. The van der Waals surface area contributed by atoms with Gasteiger partial charge in [-0.05, 0) is 0 Å². The predicted octanol–water partition coefficient (Wildman–Crippen LogP) is -12.1. The molecule has 12 nitrogen and oxygen atoms in total. The molecule has 0 rings (SSSR count). The van der Waals surface area contributed by atoms with E-state index in [-0.39, 0.29) is 197 Å². The van der Waals surface area contributed by atoms with E-state index in [1.807, 2.05) is 0 Å². The molecule has 34 heavy (non-hydrogen) atoms. The molecule has 0 aromatic rings. The van der Waals surface area contributed by atoms with Gasteiger partial charge in [-0.2, -0.15) is 111 Å². The van der Waals surface area contributed by atoms with Crippen molar-refractivity contribution in [2.24, 2.45) is 0 Å². The second-order valence-corrected chi connectivity index (χ2v) is 12.1. The van der Waals surface area contributed by atoms with Crippen LogP contribution in [0.4, 0.5) is 0 Å². The van der Waals surface area contributed by atoms with Crippen LogP contribution in [0.1, 0.15) is 5.71 Å². The summed E-state index contributed by atoms with van der Waals surface area (Å²) in [5, 5.41) is 0. The topological polar surface area (TPSA) is 217 Å². The first-order chi connectivity index (χ1) is 12.2. The molecule has 0 radical (unpaired) electrons. The molecular weight excluding hydrogens is 701 g/mol. The normalized spacial score (nSPS) is 9.65. The molecule has 0 aromatic carbocycles. The molecule has 0 unspecified atom stereocenters. The molecule has 0 spiro atoms. The SMILES string of the molecule is O=S(=O)(O)CCS.O=S(=O)(O)CCS.O=S(=O)(O)CCS.O=S(=O)(O)CCS.S.S.[H-].[H-].[H-].[H-].[Na+].[Na+].[Na+].[Na+]. The maximum atomic E-state index is 9.74. The Labute approximate surface area is 333 Å². The monoisotopic (exact) mass is 732 g/mol. The van der Waals surface area contributed by atoms with Crippen LogP contribution < -0.4 is 118 Å². The van der Waals surface area contributed by atoms with Crippen LogP contribution in [0.2, 0.25) is 0 Å². The average Bonchev–Trinajstić information content (AvgIpc) is 2.34. The van der Waals surface area contributed by atoms with Crippen molar-refractivity contribution < 1.29 is 176 Å². The fourth-order valence-electron chi connectivity index (χ4n) is 0.461. The second kappa shape index (κ2) is 38.7. The van der Waals surface area contributed by atoms with Crippen LogP contribution in [0.25, 0.3) is 0 Å². The molecule has 0 fully saturated rings. The average molecular weight is 733 g/mol. The summed E-state index contributed by atoms with van der Waals surface area (Å²) < 4.78 is 110. The van der Waals surface area contributed by atoms with E-state index in [9.17, 15) is 33.7 Å². The van der Waals surface area contributed by atoms with E-state index in [1.54, 1.807) is 0 Å². The quantitative estimate of drug-likeness (QED) is 0.0664. The van der Waals surface area contributed by atoms with Gasteiger partial charge in [0.2, 0.25) is 0 Å². The summed E-state index contributed by atoms with van der Waals surface area (Å²) in [6.07, 6.45) is 0. The number of hydrogen-bond donors (Lipinski definition) is 8. The van der Waals surface area contributed by atoms with Gasteiger partial charge in [0.15, 0.2) is 0 Å². The van der Waals surface area contributed by atoms with Gasteiger partial charge in [0, 0.05) is 23.0 Å². The number of rotatable bonds is 8. The zero-order valence-electron chi connectivity index (χ0n) is 23.1. The van der Waals surface area contributed by atoms with Crippen molar-refractivity contribution in [3.63, 3.8) is 0 Å². The van der Waals surface area contributed by atoms with Crippen molar-refractivity contribution in [1.29, 1.82) is 0 Å². The second-order valence-electron chi connectivity index (χ2n) is 4.04. The third-order valence-electron chi connectivity index (χ3n) is 1.40. The van der Waals surface area contributed by atoms with Gasteiger partial charge >= 0.3 is 118 Å². The van der Waals surface area contributed by atoms with Gasteiger partial charge in [0.05, 0.1) is 23.0 Å². The Kier molecular flexibility index (Phi) is 76.8. The van der Waals surface area contributed by atoms with Crippen molar-refractivity contribution in [3.05, 3.63) is 0 Å². The summed E-state index contributed by atoms with van der Waals surface area (Å²) in [6.45, 7) is 0. The molecule has 0 saturated carbocycles. The molecule has 0 aromatic heterocycles. The van der Waals surface area contributed by atoms with Crippen LogP contribution in [0, 0.1) is 0 Å². The number of thiol groups is 4. The van der Waals surface area contributed by atoms with Gasteiger partial charge in [-0.1, -0.05) is 0 Å². The van der Waals surface area contributed by atoms with Gasteiger partial charge in [-0.25, -0.2) is 0 Å². The fourth-order valence-corrected chi connectivity index (χ4v) is 4.15. The van der Waals surface area contributed by atoms with E-state index in [0.717, 1.165) is 0 Å². The standard InChI is InChI=1S/4C2H6O3S2.4Na.2H2S.4H/c4*3-7(4,5)2-1-6;;;;;;;;;;/h4*6H,1-2H2,(H,3,4,5);;;;;2*1H2;;;;/q;;;;4*+1;;;4*-1. The summed E-state index contributed by atoms with van der Waals surface area (Å²) in [4.78, 5) is 0. The van der Waals surface area contributed by atoms with Gasteiger partial charge in [-0.15, -0.1) is 0 Å². The van der Waals surface area contributed by atoms with Gasteiger partial charge < -0.3 is 5.71 Å². The third kappa shape index (κ3) is 108. The summed E-state index contributed by atoms with van der Waals surface area (Å²) in [5.41, 5.74) is 0. The molecule has 0 aliphatic carbocycles. The molecular formula is C8H32Na4O12S10. The van der Waals surface area contributed by atoms with E-state index >= 15 is 0 Å². The zero-order chi connectivity index (χ0) is 23.7. The van der Waals surface area contributed by atoms with E-state index in [0.29, 0.717) is 0 Å². The van der Waals surface area contributed by atoms with Crippen LogP contribution in [0.5, 0.6) is 0 Å².